The van der Waals surface area contributed by atoms with E-state index in [0.29, 0.717) is 4.47 Å². The number of halogens is 1. The molecule has 0 spiro atoms. The number of hydrogen-bond acceptors (Lipinski definition) is 4. The van der Waals surface area contributed by atoms with Crippen LogP contribution in [0, 0.1) is 0 Å². The number of carbonyl (C=O) groups is 2. The zero-order valence-electron chi connectivity index (χ0n) is 8.30. The van der Waals surface area contributed by atoms with Crippen molar-refractivity contribution in [2.75, 3.05) is 13.7 Å². The first-order valence-corrected chi connectivity index (χ1v) is 5.03. The summed E-state index contributed by atoms with van der Waals surface area (Å²) in [6, 6.07) is 1.47. The van der Waals surface area contributed by atoms with Crippen molar-refractivity contribution < 1.29 is 19.1 Å². The summed E-state index contributed by atoms with van der Waals surface area (Å²) in [6.07, 6.45) is 0. The van der Waals surface area contributed by atoms with Crippen molar-refractivity contribution in [2.24, 2.45) is 0 Å². The Morgan fingerprint density at radius 1 is 1.47 bits per heavy atom. The number of methoxy groups -OCH3 is 1. The van der Waals surface area contributed by atoms with Gasteiger partial charge < -0.3 is 14.5 Å². The quantitative estimate of drug-likeness (QED) is 0.854. The van der Waals surface area contributed by atoms with Gasteiger partial charge in [0.1, 0.15) is 11.4 Å². The SMILES string of the molecule is CCOC(=O)c1[nH]c(C(=O)OC)cc1Br. The normalized spacial score (nSPS) is 9.80. The van der Waals surface area contributed by atoms with Gasteiger partial charge in [-0.25, -0.2) is 9.59 Å². The molecule has 0 aromatic carbocycles. The monoisotopic (exact) mass is 275 g/mol. The molecule has 1 rings (SSSR count). The topological polar surface area (TPSA) is 68.4 Å². The van der Waals surface area contributed by atoms with Crippen molar-refractivity contribution in [3.63, 3.8) is 0 Å². The number of aromatic amines is 1. The number of hydrogen-bond donors (Lipinski definition) is 1. The van der Waals surface area contributed by atoms with Gasteiger partial charge in [-0.05, 0) is 28.9 Å². The molecule has 0 aliphatic rings. The fraction of sp³-hybridized carbons (Fsp3) is 0.333. The maximum Gasteiger partial charge on any atom is 0.355 e. The zero-order valence-corrected chi connectivity index (χ0v) is 9.88. The first kappa shape index (κ1) is 11.8. The average Bonchev–Trinajstić information content (AvgIpc) is 2.59. The van der Waals surface area contributed by atoms with Gasteiger partial charge in [-0.1, -0.05) is 0 Å². The molecule has 0 unspecified atom stereocenters. The maximum absolute atomic E-state index is 11.4. The van der Waals surface area contributed by atoms with Gasteiger partial charge in [0, 0.05) is 0 Å². The number of rotatable bonds is 3. The predicted octanol–water partition coefficient (Wildman–Crippen LogP) is 1.74. The molecule has 0 aliphatic carbocycles. The van der Waals surface area contributed by atoms with E-state index < -0.39 is 11.9 Å². The molecule has 1 heterocycles. The van der Waals surface area contributed by atoms with E-state index in [0.717, 1.165) is 0 Å². The molecule has 1 aromatic heterocycles. The summed E-state index contributed by atoms with van der Waals surface area (Å²) < 4.78 is 9.76. The van der Waals surface area contributed by atoms with Gasteiger partial charge in [-0.2, -0.15) is 0 Å². The van der Waals surface area contributed by atoms with Gasteiger partial charge in [0.15, 0.2) is 0 Å². The maximum atomic E-state index is 11.4. The van der Waals surface area contributed by atoms with Crippen LogP contribution < -0.4 is 0 Å². The average molecular weight is 276 g/mol. The minimum atomic E-state index is -0.536. The second kappa shape index (κ2) is 4.97. The van der Waals surface area contributed by atoms with Crippen LogP contribution in [-0.4, -0.2) is 30.6 Å². The summed E-state index contributed by atoms with van der Waals surface area (Å²) in [7, 11) is 1.26. The minimum absolute atomic E-state index is 0.201. The molecule has 82 valence electrons. The summed E-state index contributed by atoms with van der Waals surface area (Å²) in [4.78, 5) is 25.1. The highest BCUT2D eigenvalue weighted by Crippen LogP contribution is 2.19. The van der Waals surface area contributed by atoms with Crippen molar-refractivity contribution in [3.8, 4) is 0 Å². The second-order valence-corrected chi connectivity index (χ2v) is 3.47. The zero-order chi connectivity index (χ0) is 11.4. The van der Waals surface area contributed by atoms with Crippen LogP contribution in [0.15, 0.2) is 10.5 Å². The molecule has 0 aliphatic heterocycles. The van der Waals surface area contributed by atoms with Crippen LogP contribution >= 0.6 is 15.9 Å². The molecule has 0 atom stereocenters. The smallest absolute Gasteiger partial charge is 0.355 e. The van der Waals surface area contributed by atoms with Gasteiger partial charge in [0.25, 0.3) is 0 Å². The third kappa shape index (κ3) is 2.59. The van der Waals surface area contributed by atoms with Crippen LogP contribution in [0.1, 0.15) is 27.9 Å². The molecule has 6 heteroatoms. The van der Waals surface area contributed by atoms with Crippen LogP contribution in [0.4, 0.5) is 0 Å². The Kier molecular flexibility index (Phi) is 3.90. The summed E-state index contributed by atoms with van der Waals surface area (Å²) >= 11 is 3.15. The minimum Gasteiger partial charge on any atom is -0.464 e. The molecule has 1 N–H and O–H groups in total. The lowest BCUT2D eigenvalue weighted by Gasteiger charge is -1.99. The predicted molar refractivity (Wildman–Crippen MR) is 55.8 cm³/mol. The van der Waals surface area contributed by atoms with Crippen molar-refractivity contribution in [1.29, 1.82) is 0 Å². The molecule has 0 saturated carbocycles. The third-order valence-corrected chi connectivity index (χ3v) is 2.28. The van der Waals surface area contributed by atoms with E-state index in [1.54, 1.807) is 6.92 Å². The van der Waals surface area contributed by atoms with Gasteiger partial charge >= 0.3 is 11.9 Å². The first-order valence-electron chi connectivity index (χ1n) is 4.24. The molecule has 0 bridgehead atoms. The van der Waals surface area contributed by atoms with Crippen molar-refractivity contribution >= 4 is 27.9 Å². The summed E-state index contributed by atoms with van der Waals surface area (Å²) in [5.74, 6) is -1.05. The van der Waals surface area contributed by atoms with Crippen molar-refractivity contribution in [1.82, 2.24) is 4.98 Å². The molecule has 0 saturated heterocycles. The molecule has 0 amide bonds. The lowest BCUT2D eigenvalue weighted by molar-refractivity contribution is 0.0519. The summed E-state index contributed by atoms with van der Waals surface area (Å²) in [5.41, 5.74) is 0.407. The van der Waals surface area contributed by atoms with Gasteiger partial charge in [0.2, 0.25) is 0 Å². The van der Waals surface area contributed by atoms with Crippen LogP contribution in [-0.2, 0) is 9.47 Å². The van der Waals surface area contributed by atoms with Crippen LogP contribution in [0.5, 0.6) is 0 Å². The number of aromatic nitrogens is 1. The first-order chi connectivity index (χ1) is 7.10. The van der Waals surface area contributed by atoms with E-state index in [1.807, 2.05) is 0 Å². The molecule has 5 nitrogen and oxygen atoms in total. The third-order valence-electron chi connectivity index (χ3n) is 1.65. The molecule has 15 heavy (non-hydrogen) atoms. The Balaban J connectivity index is 2.96. The van der Waals surface area contributed by atoms with Crippen molar-refractivity contribution in [3.05, 3.63) is 21.9 Å². The largest absolute Gasteiger partial charge is 0.464 e. The Morgan fingerprint density at radius 3 is 2.67 bits per heavy atom. The number of esters is 2. The number of nitrogens with one attached hydrogen (secondary N) is 1. The molecule has 0 radical (unpaired) electrons. The van der Waals surface area contributed by atoms with Gasteiger partial charge in [0.05, 0.1) is 18.2 Å². The molecular formula is C9H10BrNO4. The van der Waals surface area contributed by atoms with E-state index >= 15 is 0 Å². The second-order valence-electron chi connectivity index (χ2n) is 2.62. The van der Waals surface area contributed by atoms with E-state index in [9.17, 15) is 9.59 Å². The van der Waals surface area contributed by atoms with E-state index in [1.165, 1.54) is 13.2 Å². The fourth-order valence-electron chi connectivity index (χ4n) is 1.00. The number of carbonyl (C=O) groups excluding carboxylic acids is 2. The Morgan fingerprint density at radius 2 is 2.13 bits per heavy atom. The van der Waals surface area contributed by atoms with Gasteiger partial charge in [-0.15, -0.1) is 0 Å². The fourth-order valence-corrected chi connectivity index (χ4v) is 1.49. The Bertz CT molecular complexity index is 385. The highest BCUT2D eigenvalue weighted by Gasteiger charge is 2.18. The van der Waals surface area contributed by atoms with E-state index in [-0.39, 0.29) is 18.0 Å². The molecule has 1 aromatic rings. The van der Waals surface area contributed by atoms with E-state index in [4.69, 9.17) is 4.74 Å². The lowest BCUT2D eigenvalue weighted by Crippen LogP contribution is -2.07. The standard InChI is InChI=1S/C9H10BrNO4/c1-3-15-9(13)7-5(10)4-6(11-7)8(12)14-2/h4,11H,3H2,1-2H3. The van der Waals surface area contributed by atoms with Gasteiger partial charge in [-0.3, -0.25) is 0 Å². The van der Waals surface area contributed by atoms with E-state index in [2.05, 4.69) is 25.7 Å². The molecule has 0 fully saturated rings. The Hall–Kier alpha value is -1.30. The Labute approximate surface area is 94.9 Å². The summed E-state index contributed by atoms with van der Waals surface area (Å²) in [6.45, 7) is 1.98. The highest BCUT2D eigenvalue weighted by atomic mass is 79.9. The van der Waals surface area contributed by atoms with Crippen LogP contribution in [0.25, 0.3) is 0 Å². The van der Waals surface area contributed by atoms with Crippen LogP contribution in [0.2, 0.25) is 0 Å². The summed E-state index contributed by atoms with van der Waals surface area (Å²) in [5, 5.41) is 0. The number of H-pyrrole nitrogens is 1. The molecular weight excluding hydrogens is 266 g/mol. The lowest BCUT2D eigenvalue weighted by atomic mass is 10.4. The van der Waals surface area contributed by atoms with Crippen molar-refractivity contribution in [2.45, 2.75) is 6.92 Å². The van der Waals surface area contributed by atoms with Crippen LogP contribution in [0.3, 0.4) is 0 Å². The highest BCUT2D eigenvalue weighted by molar-refractivity contribution is 9.10. The number of ether oxygens (including phenoxy) is 2.